The van der Waals surface area contributed by atoms with Gasteiger partial charge < -0.3 is 10.2 Å². The first-order valence-corrected chi connectivity index (χ1v) is 6.95. The molecule has 0 saturated carbocycles. The maximum atomic E-state index is 13.8. The number of nitrogens with zero attached hydrogens (tertiary/aromatic N) is 1. The van der Waals surface area contributed by atoms with Crippen LogP contribution in [0.15, 0.2) is 18.2 Å². The number of aryl methyl sites for hydroxylation is 1. The number of rotatable bonds is 4. The molecule has 5 heteroatoms. The van der Waals surface area contributed by atoms with Crippen LogP contribution in [0.25, 0.3) is 10.1 Å². The van der Waals surface area contributed by atoms with Gasteiger partial charge in [0.15, 0.2) is 0 Å². The Labute approximate surface area is 116 Å². The summed E-state index contributed by atoms with van der Waals surface area (Å²) >= 11 is 1.36. The van der Waals surface area contributed by atoms with Gasteiger partial charge in [0.25, 0.3) is 5.91 Å². The molecule has 1 aromatic carbocycles. The number of nitrogens with one attached hydrogen (secondary N) is 1. The molecular weight excluding hydrogens is 263 g/mol. The van der Waals surface area contributed by atoms with Crippen molar-refractivity contribution < 1.29 is 9.18 Å². The fourth-order valence-corrected chi connectivity index (χ4v) is 3.23. The van der Waals surface area contributed by atoms with Gasteiger partial charge in [-0.3, -0.25) is 4.79 Å². The zero-order chi connectivity index (χ0) is 14.0. The standard InChI is InChI=1S/C14H17FN2OS/c1-9-12-10(15)5-4-6-11(12)19-13(9)14(18)17(3)8-7-16-2/h4-6,16H,7-8H2,1-3H3. The molecule has 0 atom stereocenters. The van der Waals surface area contributed by atoms with Crippen LogP contribution in [0.2, 0.25) is 0 Å². The fraction of sp³-hybridized carbons (Fsp3) is 0.357. The lowest BCUT2D eigenvalue weighted by atomic mass is 10.1. The zero-order valence-electron chi connectivity index (χ0n) is 11.3. The number of carbonyl (C=O) groups excluding carboxylic acids is 1. The van der Waals surface area contributed by atoms with E-state index in [1.807, 2.05) is 13.1 Å². The van der Waals surface area contributed by atoms with Crippen molar-refractivity contribution in [3.8, 4) is 0 Å². The van der Waals surface area contributed by atoms with Gasteiger partial charge in [-0.05, 0) is 31.7 Å². The second-order valence-electron chi connectivity index (χ2n) is 4.50. The van der Waals surface area contributed by atoms with Gasteiger partial charge in [0.2, 0.25) is 0 Å². The summed E-state index contributed by atoms with van der Waals surface area (Å²) in [6.07, 6.45) is 0. The van der Waals surface area contributed by atoms with Crippen LogP contribution in [0.4, 0.5) is 4.39 Å². The number of hydrogen-bond donors (Lipinski definition) is 1. The van der Waals surface area contributed by atoms with Crippen LogP contribution < -0.4 is 5.32 Å². The summed E-state index contributed by atoms with van der Waals surface area (Å²) in [4.78, 5) is 14.6. The van der Waals surface area contributed by atoms with Crippen LogP contribution in [0.3, 0.4) is 0 Å². The van der Waals surface area contributed by atoms with Crippen molar-refractivity contribution in [1.29, 1.82) is 0 Å². The maximum Gasteiger partial charge on any atom is 0.264 e. The lowest BCUT2D eigenvalue weighted by molar-refractivity contribution is 0.0801. The van der Waals surface area contributed by atoms with Crippen molar-refractivity contribution in [3.63, 3.8) is 0 Å². The van der Waals surface area contributed by atoms with E-state index < -0.39 is 0 Å². The minimum atomic E-state index is -0.261. The summed E-state index contributed by atoms with van der Waals surface area (Å²) in [6, 6.07) is 4.95. The van der Waals surface area contributed by atoms with E-state index in [1.165, 1.54) is 17.4 Å². The molecule has 0 aliphatic rings. The Kier molecular flexibility index (Phi) is 4.17. The van der Waals surface area contributed by atoms with Gasteiger partial charge in [-0.15, -0.1) is 11.3 Å². The molecule has 3 nitrogen and oxygen atoms in total. The molecule has 0 saturated heterocycles. The molecule has 0 radical (unpaired) electrons. The first kappa shape index (κ1) is 14.0. The Morgan fingerprint density at radius 1 is 1.47 bits per heavy atom. The zero-order valence-corrected chi connectivity index (χ0v) is 12.1. The van der Waals surface area contributed by atoms with Crippen LogP contribution in [0, 0.1) is 12.7 Å². The number of likely N-dealkylation sites (N-methyl/N-ethyl adjacent to an activating group) is 2. The number of thiophene rings is 1. The van der Waals surface area contributed by atoms with Gasteiger partial charge in [-0.25, -0.2) is 4.39 Å². The van der Waals surface area contributed by atoms with Gasteiger partial charge >= 0.3 is 0 Å². The van der Waals surface area contributed by atoms with E-state index in [9.17, 15) is 9.18 Å². The van der Waals surface area contributed by atoms with Crippen molar-refractivity contribution >= 4 is 27.3 Å². The van der Waals surface area contributed by atoms with E-state index in [1.54, 1.807) is 24.9 Å². The second kappa shape index (κ2) is 5.67. The molecule has 2 aromatic rings. The fourth-order valence-electron chi connectivity index (χ4n) is 2.01. The Hall–Kier alpha value is -1.46. The van der Waals surface area contributed by atoms with E-state index >= 15 is 0 Å². The molecule has 102 valence electrons. The SMILES string of the molecule is CNCCN(C)C(=O)c1sc2cccc(F)c2c1C. The monoisotopic (exact) mass is 280 g/mol. The smallest absolute Gasteiger partial charge is 0.264 e. The molecule has 1 aromatic heterocycles. The predicted molar refractivity (Wildman–Crippen MR) is 77.4 cm³/mol. The number of carbonyl (C=O) groups is 1. The van der Waals surface area contributed by atoms with Crippen molar-refractivity contribution in [2.75, 3.05) is 27.2 Å². The topological polar surface area (TPSA) is 32.3 Å². The van der Waals surface area contributed by atoms with E-state index in [4.69, 9.17) is 0 Å². The highest BCUT2D eigenvalue weighted by Gasteiger charge is 2.20. The molecule has 0 fully saturated rings. The molecule has 0 aliphatic heterocycles. The largest absolute Gasteiger partial charge is 0.340 e. The van der Waals surface area contributed by atoms with Crippen molar-refractivity contribution in [2.24, 2.45) is 0 Å². The molecule has 2 rings (SSSR count). The quantitative estimate of drug-likeness (QED) is 0.934. The predicted octanol–water partition coefficient (Wildman–Crippen LogP) is 2.64. The van der Waals surface area contributed by atoms with Crippen molar-refractivity contribution in [2.45, 2.75) is 6.92 Å². The van der Waals surface area contributed by atoms with Crippen LogP contribution >= 0.6 is 11.3 Å². The van der Waals surface area contributed by atoms with Gasteiger partial charge in [-0.2, -0.15) is 0 Å². The molecule has 1 heterocycles. The summed E-state index contributed by atoms with van der Waals surface area (Å²) in [5.74, 6) is -0.309. The van der Waals surface area contributed by atoms with E-state index in [0.29, 0.717) is 16.8 Å². The van der Waals surface area contributed by atoms with E-state index in [-0.39, 0.29) is 11.7 Å². The molecular formula is C14H17FN2OS. The Morgan fingerprint density at radius 2 is 2.21 bits per heavy atom. The van der Waals surface area contributed by atoms with Gasteiger partial charge in [0, 0.05) is 30.2 Å². The Balaban J connectivity index is 2.38. The van der Waals surface area contributed by atoms with Crippen LogP contribution in [0.1, 0.15) is 15.2 Å². The third kappa shape index (κ3) is 2.62. The van der Waals surface area contributed by atoms with Crippen LogP contribution in [-0.2, 0) is 0 Å². The first-order chi connectivity index (χ1) is 9.06. The first-order valence-electron chi connectivity index (χ1n) is 6.14. The molecule has 0 bridgehead atoms. The summed E-state index contributed by atoms with van der Waals surface area (Å²) in [5.41, 5.74) is 0.736. The average molecular weight is 280 g/mol. The highest BCUT2D eigenvalue weighted by molar-refractivity contribution is 7.21. The summed E-state index contributed by atoms with van der Waals surface area (Å²) in [5, 5.41) is 3.57. The lowest BCUT2D eigenvalue weighted by Crippen LogP contribution is -2.32. The molecule has 0 spiro atoms. The molecule has 1 N–H and O–H groups in total. The summed E-state index contributed by atoms with van der Waals surface area (Å²) in [6.45, 7) is 3.17. The van der Waals surface area contributed by atoms with Crippen LogP contribution in [-0.4, -0.2) is 38.0 Å². The third-order valence-electron chi connectivity index (χ3n) is 3.14. The summed E-state index contributed by atoms with van der Waals surface area (Å²) < 4.78 is 14.6. The Bertz CT molecular complexity index is 609. The number of fused-ring (bicyclic) bond motifs is 1. The van der Waals surface area contributed by atoms with Crippen molar-refractivity contribution in [3.05, 3.63) is 34.5 Å². The van der Waals surface area contributed by atoms with Gasteiger partial charge in [-0.1, -0.05) is 6.07 Å². The van der Waals surface area contributed by atoms with E-state index in [0.717, 1.165) is 16.8 Å². The van der Waals surface area contributed by atoms with E-state index in [2.05, 4.69) is 5.32 Å². The third-order valence-corrected chi connectivity index (χ3v) is 4.39. The van der Waals surface area contributed by atoms with Gasteiger partial charge in [0.05, 0.1) is 4.88 Å². The molecule has 0 unspecified atom stereocenters. The maximum absolute atomic E-state index is 13.8. The minimum absolute atomic E-state index is 0.0478. The normalized spacial score (nSPS) is 10.9. The molecule has 1 amide bonds. The second-order valence-corrected chi connectivity index (χ2v) is 5.55. The molecule has 0 aliphatic carbocycles. The number of halogens is 1. The highest BCUT2D eigenvalue weighted by Crippen LogP contribution is 2.33. The molecule has 19 heavy (non-hydrogen) atoms. The Morgan fingerprint density at radius 3 is 2.84 bits per heavy atom. The summed E-state index contributed by atoms with van der Waals surface area (Å²) in [7, 11) is 3.61. The average Bonchev–Trinajstić information content (AvgIpc) is 2.73. The minimum Gasteiger partial charge on any atom is -0.340 e. The van der Waals surface area contributed by atoms with Crippen molar-refractivity contribution in [1.82, 2.24) is 10.2 Å². The highest BCUT2D eigenvalue weighted by atomic mass is 32.1. The number of hydrogen-bond acceptors (Lipinski definition) is 3. The number of amides is 1. The lowest BCUT2D eigenvalue weighted by Gasteiger charge is -2.16. The number of benzene rings is 1. The van der Waals surface area contributed by atoms with Crippen LogP contribution in [0.5, 0.6) is 0 Å². The van der Waals surface area contributed by atoms with Gasteiger partial charge in [0.1, 0.15) is 5.82 Å².